The average molecular weight is 394 g/mol. The molecule has 2 aromatic carbocycles. The quantitative estimate of drug-likeness (QED) is 0.583. The summed E-state index contributed by atoms with van der Waals surface area (Å²) < 4.78 is 18.8. The average Bonchev–Trinajstić information content (AvgIpc) is 2.75. The molecule has 1 aromatic heterocycles. The van der Waals surface area contributed by atoms with Gasteiger partial charge in [0.15, 0.2) is 0 Å². The fourth-order valence-electron chi connectivity index (χ4n) is 2.82. The minimum Gasteiger partial charge on any atom is -0.497 e. The van der Waals surface area contributed by atoms with Crippen LogP contribution in [0, 0.1) is 5.82 Å². The molecule has 1 amide bonds. The van der Waals surface area contributed by atoms with Crippen LogP contribution in [0.25, 0.3) is 0 Å². The second kappa shape index (κ2) is 10.2. The van der Waals surface area contributed by atoms with Crippen molar-refractivity contribution in [1.29, 1.82) is 0 Å². The molecule has 2 N–H and O–H groups in total. The Morgan fingerprint density at radius 1 is 1.07 bits per heavy atom. The molecule has 3 aromatic rings. The second-order valence-corrected chi connectivity index (χ2v) is 6.39. The molecule has 0 atom stereocenters. The number of aromatic nitrogens is 2. The van der Waals surface area contributed by atoms with Crippen LogP contribution < -0.4 is 15.4 Å². The van der Waals surface area contributed by atoms with Gasteiger partial charge in [-0.05, 0) is 48.2 Å². The minimum atomic E-state index is -0.271. The van der Waals surface area contributed by atoms with Crippen molar-refractivity contribution in [2.45, 2.75) is 12.8 Å². The van der Waals surface area contributed by atoms with Crippen LogP contribution >= 0.6 is 0 Å². The summed E-state index contributed by atoms with van der Waals surface area (Å²) in [6.07, 6.45) is 2.70. The molecule has 0 saturated heterocycles. The lowest BCUT2D eigenvalue weighted by atomic mass is 10.1. The van der Waals surface area contributed by atoms with Gasteiger partial charge in [0, 0.05) is 19.3 Å². The van der Waals surface area contributed by atoms with Crippen LogP contribution in [0.4, 0.5) is 10.3 Å². The van der Waals surface area contributed by atoms with Crippen molar-refractivity contribution < 1.29 is 13.9 Å². The third-order valence-electron chi connectivity index (χ3n) is 4.36. The predicted molar refractivity (Wildman–Crippen MR) is 110 cm³/mol. The summed E-state index contributed by atoms with van der Waals surface area (Å²) in [5.41, 5.74) is 1.97. The molecule has 0 saturated carbocycles. The fraction of sp³-hybridized carbons (Fsp3) is 0.227. The lowest BCUT2D eigenvalue weighted by molar-refractivity contribution is 0.0949. The first kappa shape index (κ1) is 20.3. The van der Waals surface area contributed by atoms with E-state index in [1.807, 2.05) is 24.3 Å². The van der Waals surface area contributed by atoms with E-state index in [-0.39, 0.29) is 17.4 Å². The number of ether oxygens (including phenoxy) is 1. The van der Waals surface area contributed by atoms with Gasteiger partial charge in [0.25, 0.3) is 5.91 Å². The van der Waals surface area contributed by atoms with Crippen LogP contribution in [0.3, 0.4) is 0 Å². The van der Waals surface area contributed by atoms with Crippen molar-refractivity contribution in [3.05, 3.63) is 83.4 Å². The number of amides is 1. The van der Waals surface area contributed by atoms with Gasteiger partial charge in [-0.25, -0.2) is 14.4 Å². The van der Waals surface area contributed by atoms with Crippen molar-refractivity contribution in [3.63, 3.8) is 0 Å². The minimum absolute atomic E-state index is 0.237. The highest BCUT2D eigenvalue weighted by Crippen LogP contribution is 2.12. The number of carbonyl (C=O) groups is 1. The maximum atomic E-state index is 13.6. The van der Waals surface area contributed by atoms with Crippen LogP contribution in [0.2, 0.25) is 0 Å². The zero-order valence-electron chi connectivity index (χ0n) is 16.2. The van der Waals surface area contributed by atoms with E-state index in [2.05, 4.69) is 20.6 Å². The molecule has 0 aliphatic rings. The number of nitrogens with one attached hydrogen (secondary N) is 2. The molecule has 29 heavy (non-hydrogen) atoms. The summed E-state index contributed by atoms with van der Waals surface area (Å²) in [6, 6.07) is 15.9. The van der Waals surface area contributed by atoms with E-state index in [0.29, 0.717) is 37.4 Å². The monoisotopic (exact) mass is 394 g/mol. The van der Waals surface area contributed by atoms with Gasteiger partial charge < -0.3 is 15.4 Å². The molecule has 150 valence electrons. The molecule has 0 radical (unpaired) electrons. The van der Waals surface area contributed by atoms with E-state index in [4.69, 9.17) is 4.74 Å². The van der Waals surface area contributed by atoms with Crippen LogP contribution in [-0.2, 0) is 12.8 Å². The first-order valence-corrected chi connectivity index (χ1v) is 9.37. The smallest absolute Gasteiger partial charge is 0.270 e. The number of carbonyl (C=O) groups excluding carboxylic acids is 1. The highest BCUT2D eigenvalue weighted by Gasteiger charge is 2.09. The van der Waals surface area contributed by atoms with Gasteiger partial charge in [-0.2, -0.15) is 0 Å². The van der Waals surface area contributed by atoms with Gasteiger partial charge in [-0.1, -0.05) is 30.3 Å². The number of nitrogens with zero attached hydrogens (tertiary/aromatic N) is 2. The number of hydrogen-bond donors (Lipinski definition) is 2. The van der Waals surface area contributed by atoms with E-state index in [1.165, 1.54) is 12.3 Å². The molecule has 0 aliphatic heterocycles. The van der Waals surface area contributed by atoms with E-state index in [9.17, 15) is 9.18 Å². The molecule has 3 rings (SSSR count). The van der Waals surface area contributed by atoms with Crippen molar-refractivity contribution in [3.8, 4) is 5.75 Å². The zero-order chi connectivity index (χ0) is 20.5. The van der Waals surface area contributed by atoms with E-state index < -0.39 is 0 Å². The Balaban J connectivity index is 1.49. The Hall–Kier alpha value is -3.48. The van der Waals surface area contributed by atoms with Gasteiger partial charge in [-0.15, -0.1) is 0 Å². The Morgan fingerprint density at radius 2 is 1.93 bits per heavy atom. The third kappa shape index (κ3) is 6.00. The Labute approximate surface area is 169 Å². The van der Waals surface area contributed by atoms with Gasteiger partial charge in [0.2, 0.25) is 5.95 Å². The lowest BCUT2D eigenvalue weighted by Crippen LogP contribution is -2.27. The van der Waals surface area contributed by atoms with Crippen LogP contribution in [0.15, 0.2) is 60.8 Å². The maximum Gasteiger partial charge on any atom is 0.270 e. The normalized spacial score (nSPS) is 10.4. The highest BCUT2D eigenvalue weighted by atomic mass is 19.1. The summed E-state index contributed by atoms with van der Waals surface area (Å²) in [5.74, 6) is 0.615. The van der Waals surface area contributed by atoms with Gasteiger partial charge >= 0.3 is 0 Å². The number of rotatable bonds is 9. The predicted octanol–water partition coefficient (Wildman–Crippen LogP) is 3.25. The zero-order valence-corrected chi connectivity index (χ0v) is 16.2. The third-order valence-corrected chi connectivity index (χ3v) is 4.36. The molecule has 1 heterocycles. The number of benzene rings is 2. The maximum absolute atomic E-state index is 13.6. The standard InChI is InChI=1S/C22H23FN4O2/c1-29-18-7-4-5-16(15-18)9-12-24-21(28)20-11-14-26-22(27-20)25-13-10-17-6-2-3-8-19(17)23/h2-8,11,14-15H,9-10,12-13H2,1H3,(H,24,28)(H,25,26,27). The van der Waals surface area contributed by atoms with Crippen molar-refractivity contribution in [1.82, 2.24) is 15.3 Å². The van der Waals surface area contributed by atoms with E-state index in [1.54, 1.807) is 31.4 Å². The van der Waals surface area contributed by atoms with Crippen LogP contribution in [0.1, 0.15) is 21.6 Å². The van der Waals surface area contributed by atoms with Crippen molar-refractivity contribution >= 4 is 11.9 Å². The first-order valence-electron chi connectivity index (χ1n) is 9.37. The molecule has 0 aliphatic carbocycles. The number of methoxy groups -OCH3 is 1. The molecule has 6 nitrogen and oxygen atoms in total. The molecule has 0 fully saturated rings. The fourth-order valence-corrected chi connectivity index (χ4v) is 2.82. The molecule has 0 spiro atoms. The lowest BCUT2D eigenvalue weighted by Gasteiger charge is -2.08. The SMILES string of the molecule is COc1cccc(CCNC(=O)c2ccnc(NCCc3ccccc3F)n2)c1. The molecular formula is C22H23FN4O2. The van der Waals surface area contributed by atoms with E-state index in [0.717, 1.165) is 11.3 Å². The number of halogens is 1. The summed E-state index contributed by atoms with van der Waals surface area (Å²) in [5, 5.41) is 5.88. The molecule has 7 heteroatoms. The number of hydrogen-bond acceptors (Lipinski definition) is 5. The summed E-state index contributed by atoms with van der Waals surface area (Å²) in [4.78, 5) is 20.7. The largest absolute Gasteiger partial charge is 0.497 e. The summed E-state index contributed by atoms with van der Waals surface area (Å²) in [7, 11) is 1.62. The Kier molecular flexibility index (Phi) is 7.10. The summed E-state index contributed by atoms with van der Waals surface area (Å²) in [6.45, 7) is 0.938. The molecule has 0 unspecified atom stereocenters. The highest BCUT2D eigenvalue weighted by molar-refractivity contribution is 5.92. The van der Waals surface area contributed by atoms with Crippen LogP contribution in [0.5, 0.6) is 5.75 Å². The van der Waals surface area contributed by atoms with Crippen molar-refractivity contribution in [2.24, 2.45) is 0 Å². The van der Waals surface area contributed by atoms with Gasteiger partial charge in [-0.3, -0.25) is 4.79 Å². The Bertz CT molecular complexity index is 965. The molecule has 0 bridgehead atoms. The van der Waals surface area contributed by atoms with Gasteiger partial charge in [0.1, 0.15) is 17.3 Å². The second-order valence-electron chi connectivity index (χ2n) is 6.39. The first-order chi connectivity index (χ1) is 14.2. The number of anilines is 1. The topological polar surface area (TPSA) is 76.1 Å². The van der Waals surface area contributed by atoms with Gasteiger partial charge in [0.05, 0.1) is 7.11 Å². The Morgan fingerprint density at radius 3 is 2.76 bits per heavy atom. The molecular weight excluding hydrogens is 371 g/mol. The van der Waals surface area contributed by atoms with Crippen LogP contribution in [-0.4, -0.2) is 36.1 Å². The summed E-state index contributed by atoms with van der Waals surface area (Å²) >= 11 is 0. The van der Waals surface area contributed by atoms with E-state index >= 15 is 0 Å². The van der Waals surface area contributed by atoms with Crippen molar-refractivity contribution in [2.75, 3.05) is 25.5 Å².